The summed E-state index contributed by atoms with van der Waals surface area (Å²) in [4.78, 5) is 2.65. The van der Waals surface area contributed by atoms with Crippen LogP contribution in [0.4, 0.5) is 0 Å². The van der Waals surface area contributed by atoms with Crippen LogP contribution in [0.1, 0.15) is 12.0 Å². The monoisotopic (exact) mass is 404 g/mol. The summed E-state index contributed by atoms with van der Waals surface area (Å²) in [7, 11) is -3.56. The lowest BCUT2D eigenvalue weighted by atomic mass is 10.2. The number of benzene rings is 1. The van der Waals surface area contributed by atoms with Gasteiger partial charge < -0.3 is 4.74 Å². The molecule has 1 unspecified atom stereocenters. The molecular formula is C17H25ClN2O3S2. The fraction of sp³-hybridized carbons (Fsp3) is 0.647. The van der Waals surface area contributed by atoms with E-state index in [2.05, 4.69) is 4.90 Å². The maximum atomic E-state index is 13.4. The summed E-state index contributed by atoms with van der Waals surface area (Å²) in [5.74, 6) is 1.83. The van der Waals surface area contributed by atoms with Crippen LogP contribution in [0, 0.1) is 6.92 Å². The van der Waals surface area contributed by atoms with Crippen LogP contribution in [0.5, 0.6) is 0 Å². The van der Waals surface area contributed by atoms with E-state index in [4.69, 9.17) is 16.3 Å². The number of nitrogens with zero attached hydrogens (tertiary/aromatic N) is 2. The summed E-state index contributed by atoms with van der Waals surface area (Å²) in [6, 6.07) is 5.10. The molecule has 25 heavy (non-hydrogen) atoms. The van der Waals surface area contributed by atoms with Crippen LogP contribution in [0.25, 0.3) is 0 Å². The van der Waals surface area contributed by atoms with Crippen molar-refractivity contribution in [1.29, 1.82) is 0 Å². The van der Waals surface area contributed by atoms with Gasteiger partial charge in [0.25, 0.3) is 0 Å². The SMILES string of the molecule is Cc1c(Cl)cccc1S(=O)(=O)N1CCCSCC1CN1CCOCC1. The van der Waals surface area contributed by atoms with Gasteiger partial charge in [0.05, 0.1) is 18.1 Å². The van der Waals surface area contributed by atoms with Crippen LogP contribution < -0.4 is 0 Å². The second-order valence-corrected chi connectivity index (χ2v) is 9.89. The first kappa shape index (κ1) is 19.5. The summed E-state index contributed by atoms with van der Waals surface area (Å²) in [6.45, 7) is 6.28. The van der Waals surface area contributed by atoms with Crippen molar-refractivity contribution in [3.05, 3.63) is 28.8 Å². The van der Waals surface area contributed by atoms with Crippen molar-refractivity contribution in [3.8, 4) is 0 Å². The molecule has 5 nitrogen and oxygen atoms in total. The fourth-order valence-electron chi connectivity index (χ4n) is 3.34. The highest BCUT2D eigenvalue weighted by atomic mass is 35.5. The fourth-order valence-corrected chi connectivity index (χ4v) is 6.63. The van der Waals surface area contributed by atoms with Gasteiger partial charge in [-0.25, -0.2) is 8.42 Å². The van der Waals surface area contributed by atoms with Crippen molar-refractivity contribution in [2.45, 2.75) is 24.3 Å². The summed E-state index contributed by atoms with van der Waals surface area (Å²) < 4.78 is 33.9. The molecule has 140 valence electrons. The van der Waals surface area contributed by atoms with Gasteiger partial charge in [-0.05, 0) is 36.8 Å². The minimum absolute atomic E-state index is 0.0195. The highest BCUT2D eigenvalue weighted by Crippen LogP contribution is 2.29. The lowest BCUT2D eigenvalue weighted by Crippen LogP contribution is -2.50. The maximum Gasteiger partial charge on any atom is 0.243 e. The van der Waals surface area contributed by atoms with Gasteiger partial charge in [-0.15, -0.1) is 0 Å². The third kappa shape index (κ3) is 4.51. The third-order valence-corrected chi connectivity index (χ3v) is 8.47. The van der Waals surface area contributed by atoms with E-state index >= 15 is 0 Å². The van der Waals surface area contributed by atoms with Crippen molar-refractivity contribution in [2.75, 3.05) is 50.9 Å². The number of morpholine rings is 1. The quantitative estimate of drug-likeness (QED) is 0.771. The first-order valence-electron chi connectivity index (χ1n) is 8.65. The van der Waals surface area contributed by atoms with Gasteiger partial charge in [-0.1, -0.05) is 17.7 Å². The Morgan fingerprint density at radius 1 is 1.28 bits per heavy atom. The highest BCUT2D eigenvalue weighted by molar-refractivity contribution is 7.99. The number of rotatable bonds is 4. The van der Waals surface area contributed by atoms with Gasteiger partial charge in [0.2, 0.25) is 10.0 Å². The Morgan fingerprint density at radius 2 is 2.04 bits per heavy atom. The number of thioether (sulfide) groups is 1. The Balaban J connectivity index is 1.88. The summed E-state index contributed by atoms with van der Waals surface area (Å²) in [5.41, 5.74) is 0.631. The zero-order valence-corrected chi connectivity index (χ0v) is 16.9. The lowest BCUT2D eigenvalue weighted by Gasteiger charge is -2.35. The van der Waals surface area contributed by atoms with Crippen molar-refractivity contribution in [2.24, 2.45) is 0 Å². The average Bonchev–Trinajstić information content (AvgIpc) is 2.84. The average molecular weight is 405 g/mol. The molecule has 0 N–H and O–H groups in total. The topological polar surface area (TPSA) is 49.9 Å². The molecule has 2 fully saturated rings. The van der Waals surface area contributed by atoms with E-state index in [1.165, 1.54) is 0 Å². The van der Waals surface area contributed by atoms with E-state index in [0.29, 0.717) is 22.0 Å². The van der Waals surface area contributed by atoms with Crippen molar-refractivity contribution in [3.63, 3.8) is 0 Å². The molecule has 1 atom stereocenters. The number of hydrogen-bond donors (Lipinski definition) is 0. The van der Waals surface area contributed by atoms with Gasteiger partial charge in [0.15, 0.2) is 0 Å². The van der Waals surface area contributed by atoms with Gasteiger partial charge >= 0.3 is 0 Å². The number of hydrogen-bond acceptors (Lipinski definition) is 5. The zero-order chi connectivity index (χ0) is 17.9. The van der Waals surface area contributed by atoms with E-state index in [1.54, 1.807) is 29.4 Å². The van der Waals surface area contributed by atoms with Crippen LogP contribution in [0.15, 0.2) is 23.1 Å². The van der Waals surface area contributed by atoms with Crippen LogP contribution in [-0.2, 0) is 14.8 Å². The molecule has 1 aromatic carbocycles. The Kier molecular flexibility index (Phi) is 6.68. The van der Waals surface area contributed by atoms with E-state index in [1.807, 2.05) is 11.8 Å². The van der Waals surface area contributed by atoms with Crippen molar-refractivity contribution < 1.29 is 13.2 Å². The Hall–Kier alpha value is -0.310. The van der Waals surface area contributed by atoms with E-state index in [-0.39, 0.29) is 6.04 Å². The Morgan fingerprint density at radius 3 is 2.80 bits per heavy atom. The minimum atomic E-state index is -3.56. The first-order valence-corrected chi connectivity index (χ1v) is 11.6. The number of sulfonamides is 1. The van der Waals surface area contributed by atoms with Gasteiger partial charge in [0, 0.05) is 43.0 Å². The molecule has 0 amide bonds. The molecule has 8 heteroatoms. The molecule has 0 bridgehead atoms. The summed E-state index contributed by atoms with van der Waals surface area (Å²) in [5, 5.41) is 0.495. The first-order chi connectivity index (χ1) is 12.0. The third-order valence-electron chi connectivity index (χ3n) is 4.76. The normalized spacial score (nSPS) is 24.2. The van der Waals surface area contributed by atoms with Crippen molar-refractivity contribution >= 4 is 33.4 Å². The predicted molar refractivity (Wildman–Crippen MR) is 103 cm³/mol. The standard InChI is InChI=1S/C17H25ClN2O3S2/c1-14-16(18)4-2-5-17(14)25(21,22)20-6-3-11-24-13-15(20)12-19-7-9-23-10-8-19/h2,4-5,15H,3,6-13H2,1H3. The molecule has 0 aliphatic carbocycles. The van der Waals surface area contributed by atoms with Gasteiger partial charge in [0.1, 0.15) is 0 Å². The predicted octanol–water partition coefficient (Wildman–Crippen LogP) is 2.48. The molecule has 2 heterocycles. The zero-order valence-electron chi connectivity index (χ0n) is 14.5. The molecule has 0 saturated carbocycles. The minimum Gasteiger partial charge on any atom is -0.379 e. The molecule has 2 aliphatic heterocycles. The molecule has 0 radical (unpaired) electrons. The van der Waals surface area contributed by atoms with Crippen LogP contribution >= 0.6 is 23.4 Å². The van der Waals surface area contributed by atoms with E-state index in [0.717, 1.165) is 50.8 Å². The van der Waals surface area contributed by atoms with Gasteiger partial charge in [-0.2, -0.15) is 16.1 Å². The van der Waals surface area contributed by atoms with Crippen molar-refractivity contribution in [1.82, 2.24) is 9.21 Å². The van der Waals surface area contributed by atoms with Gasteiger partial charge in [-0.3, -0.25) is 4.90 Å². The molecule has 0 spiro atoms. The van der Waals surface area contributed by atoms with Crippen LogP contribution in [-0.4, -0.2) is 74.6 Å². The number of ether oxygens (including phenoxy) is 1. The molecule has 2 aliphatic rings. The summed E-state index contributed by atoms with van der Waals surface area (Å²) in [6.07, 6.45) is 0.878. The van der Waals surface area contributed by atoms with Crippen LogP contribution in [0.2, 0.25) is 5.02 Å². The smallest absolute Gasteiger partial charge is 0.243 e. The molecule has 1 aromatic rings. The molecule has 0 aromatic heterocycles. The highest BCUT2D eigenvalue weighted by Gasteiger charge is 2.35. The largest absolute Gasteiger partial charge is 0.379 e. The lowest BCUT2D eigenvalue weighted by molar-refractivity contribution is 0.0309. The maximum absolute atomic E-state index is 13.4. The number of halogens is 1. The molecule has 3 rings (SSSR count). The van der Waals surface area contributed by atoms with E-state index in [9.17, 15) is 8.42 Å². The molecule has 2 saturated heterocycles. The Labute approximate surface area is 159 Å². The second-order valence-electron chi connectivity index (χ2n) is 6.47. The molecular weight excluding hydrogens is 380 g/mol. The van der Waals surface area contributed by atoms with E-state index < -0.39 is 10.0 Å². The summed E-state index contributed by atoms with van der Waals surface area (Å²) >= 11 is 8.02. The Bertz CT molecular complexity index is 693. The second kappa shape index (κ2) is 8.59. The van der Waals surface area contributed by atoms with Crippen LogP contribution in [0.3, 0.4) is 0 Å².